The van der Waals surface area contributed by atoms with Crippen LogP contribution in [-0.4, -0.2) is 38.2 Å². The van der Waals surface area contributed by atoms with Gasteiger partial charge in [-0.25, -0.2) is 0 Å². The second-order valence-corrected chi connectivity index (χ2v) is 4.43. The smallest absolute Gasteiger partial charge is 0.249 e. The van der Waals surface area contributed by atoms with Gasteiger partial charge in [0.05, 0.1) is 13.2 Å². The Morgan fingerprint density at radius 2 is 2.11 bits per heavy atom. The number of ether oxygens (including phenoxy) is 1. The molecule has 1 aliphatic heterocycles. The van der Waals surface area contributed by atoms with Crippen molar-refractivity contribution in [3.05, 3.63) is 35.9 Å². The van der Waals surface area contributed by atoms with E-state index in [2.05, 4.69) is 27.8 Å². The summed E-state index contributed by atoms with van der Waals surface area (Å²) in [5.41, 5.74) is 1.24. The van der Waals surface area contributed by atoms with E-state index in [-0.39, 0.29) is 11.9 Å². The molecule has 0 bridgehead atoms. The first-order chi connectivity index (χ1) is 9.29. The topological polar surface area (TPSA) is 62.7 Å². The van der Waals surface area contributed by atoms with E-state index in [1.165, 1.54) is 5.56 Å². The third-order valence-corrected chi connectivity index (χ3v) is 3.00. The Balaban J connectivity index is 1.82. The number of guanidine groups is 1. The van der Waals surface area contributed by atoms with Gasteiger partial charge in [0.1, 0.15) is 6.04 Å². The summed E-state index contributed by atoms with van der Waals surface area (Å²) in [7, 11) is 1.63. The van der Waals surface area contributed by atoms with Crippen LogP contribution in [-0.2, 0) is 16.0 Å². The van der Waals surface area contributed by atoms with Crippen molar-refractivity contribution in [1.82, 2.24) is 10.6 Å². The molecule has 19 heavy (non-hydrogen) atoms. The average Bonchev–Trinajstić information content (AvgIpc) is 2.78. The molecule has 0 aromatic heterocycles. The lowest BCUT2D eigenvalue weighted by atomic mass is 10.1. The SMILES string of the molecule is COCCN=C1NC(=O)C(CCc2ccccc2)N1. The number of methoxy groups -OCH3 is 1. The molecule has 0 spiro atoms. The van der Waals surface area contributed by atoms with Crippen LogP contribution in [0.2, 0.25) is 0 Å². The number of nitrogens with one attached hydrogen (secondary N) is 2. The van der Waals surface area contributed by atoms with Crippen LogP contribution in [0.25, 0.3) is 0 Å². The number of aliphatic imine (C=N–C) groups is 1. The van der Waals surface area contributed by atoms with E-state index in [4.69, 9.17) is 4.74 Å². The zero-order chi connectivity index (χ0) is 13.5. The van der Waals surface area contributed by atoms with Gasteiger partial charge in [-0.15, -0.1) is 0 Å². The van der Waals surface area contributed by atoms with Crippen molar-refractivity contribution in [2.75, 3.05) is 20.3 Å². The van der Waals surface area contributed by atoms with Crippen molar-refractivity contribution < 1.29 is 9.53 Å². The second-order valence-electron chi connectivity index (χ2n) is 4.43. The summed E-state index contributed by atoms with van der Waals surface area (Å²) >= 11 is 0. The van der Waals surface area contributed by atoms with Crippen LogP contribution in [0.4, 0.5) is 0 Å². The van der Waals surface area contributed by atoms with Crippen molar-refractivity contribution in [1.29, 1.82) is 0 Å². The molecule has 1 heterocycles. The van der Waals surface area contributed by atoms with E-state index >= 15 is 0 Å². The first-order valence-electron chi connectivity index (χ1n) is 6.44. The van der Waals surface area contributed by atoms with Crippen molar-refractivity contribution >= 4 is 11.9 Å². The summed E-state index contributed by atoms with van der Waals surface area (Å²) in [5.74, 6) is 0.548. The number of hydrogen-bond donors (Lipinski definition) is 2. The summed E-state index contributed by atoms with van der Waals surface area (Å²) in [6, 6.07) is 9.96. The summed E-state index contributed by atoms with van der Waals surface area (Å²) in [6.45, 7) is 1.10. The molecule has 102 valence electrons. The highest BCUT2D eigenvalue weighted by Crippen LogP contribution is 2.07. The van der Waals surface area contributed by atoms with Gasteiger partial charge in [0.25, 0.3) is 0 Å². The van der Waals surface area contributed by atoms with E-state index in [9.17, 15) is 4.79 Å². The van der Waals surface area contributed by atoms with Crippen LogP contribution in [0.3, 0.4) is 0 Å². The largest absolute Gasteiger partial charge is 0.383 e. The molecule has 1 fully saturated rings. The maximum Gasteiger partial charge on any atom is 0.249 e. The van der Waals surface area contributed by atoms with Gasteiger partial charge >= 0.3 is 0 Å². The molecule has 1 aromatic rings. The van der Waals surface area contributed by atoms with Crippen LogP contribution in [0.15, 0.2) is 35.3 Å². The Bertz CT molecular complexity index is 445. The van der Waals surface area contributed by atoms with Gasteiger partial charge in [0.15, 0.2) is 5.96 Å². The minimum atomic E-state index is -0.193. The molecule has 1 aliphatic rings. The average molecular weight is 261 g/mol. The predicted octanol–water partition coefficient (Wildman–Crippen LogP) is 0.710. The van der Waals surface area contributed by atoms with Gasteiger partial charge in [0.2, 0.25) is 5.91 Å². The van der Waals surface area contributed by atoms with Crippen LogP contribution < -0.4 is 10.6 Å². The molecule has 2 N–H and O–H groups in total. The van der Waals surface area contributed by atoms with Crippen molar-refractivity contribution in [2.45, 2.75) is 18.9 Å². The fraction of sp³-hybridized carbons (Fsp3) is 0.429. The number of carbonyl (C=O) groups is 1. The monoisotopic (exact) mass is 261 g/mol. The van der Waals surface area contributed by atoms with E-state index in [0.29, 0.717) is 19.1 Å². The zero-order valence-electron chi connectivity index (χ0n) is 11.1. The number of benzene rings is 1. The minimum Gasteiger partial charge on any atom is -0.383 e. The number of aryl methyl sites for hydroxylation is 1. The molecule has 1 saturated heterocycles. The Hall–Kier alpha value is -1.88. The van der Waals surface area contributed by atoms with Gasteiger partial charge < -0.3 is 10.1 Å². The molecular weight excluding hydrogens is 242 g/mol. The number of amides is 1. The molecule has 5 heteroatoms. The molecule has 0 saturated carbocycles. The molecule has 1 atom stereocenters. The first kappa shape index (κ1) is 13.5. The summed E-state index contributed by atoms with van der Waals surface area (Å²) in [4.78, 5) is 16.0. The fourth-order valence-corrected chi connectivity index (χ4v) is 1.96. The number of hydrogen-bond acceptors (Lipinski definition) is 3. The molecular formula is C14H19N3O2. The number of carbonyl (C=O) groups excluding carboxylic acids is 1. The predicted molar refractivity (Wildman–Crippen MR) is 74.0 cm³/mol. The van der Waals surface area contributed by atoms with Gasteiger partial charge in [-0.2, -0.15) is 0 Å². The normalized spacial score (nSPS) is 20.4. The molecule has 2 rings (SSSR count). The summed E-state index contributed by atoms with van der Waals surface area (Å²) in [5, 5.41) is 5.85. The van der Waals surface area contributed by atoms with Crippen LogP contribution in [0, 0.1) is 0 Å². The van der Waals surface area contributed by atoms with E-state index in [1.54, 1.807) is 7.11 Å². The third-order valence-electron chi connectivity index (χ3n) is 3.00. The third kappa shape index (κ3) is 4.06. The maximum atomic E-state index is 11.8. The van der Waals surface area contributed by atoms with Crippen molar-refractivity contribution in [3.8, 4) is 0 Å². The van der Waals surface area contributed by atoms with E-state index in [0.717, 1.165) is 12.8 Å². The molecule has 0 aliphatic carbocycles. The minimum absolute atomic E-state index is 0.00732. The van der Waals surface area contributed by atoms with Gasteiger partial charge in [-0.3, -0.25) is 15.1 Å². The Labute approximate surface area is 113 Å². The standard InChI is InChI=1S/C14H19N3O2/c1-19-10-9-15-14-16-12(13(18)17-14)8-7-11-5-3-2-4-6-11/h2-6,12H,7-10H2,1H3,(H2,15,16,17,18). The van der Waals surface area contributed by atoms with Gasteiger partial charge in [-0.1, -0.05) is 30.3 Å². The van der Waals surface area contributed by atoms with Crippen molar-refractivity contribution in [3.63, 3.8) is 0 Å². The quantitative estimate of drug-likeness (QED) is 0.741. The van der Waals surface area contributed by atoms with E-state index in [1.807, 2.05) is 18.2 Å². The summed E-state index contributed by atoms with van der Waals surface area (Å²) < 4.78 is 4.91. The highest BCUT2D eigenvalue weighted by molar-refractivity contribution is 6.06. The Morgan fingerprint density at radius 1 is 1.32 bits per heavy atom. The van der Waals surface area contributed by atoms with E-state index < -0.39 is 0 Å². The molecule has 5 nitrogen and oxygen atoms in total. The number of nitrogens with zero attached hydrogens (tertiary/aromatic N) is 1. The first-order valence-corrected chi connectivity index (χ1v) is 6.44. The molecule has 1 aromatic carbocycles. The Morgan fingerprint density at radius 3 is 2.84 bits per heavy atom. The van der Waals surface area contributed by atoms with Crippen LogP contribution >= 0.6 is 0 Å². The lowest BCUT2D eigenvalue weighted by Gasteiger charge is -2.07. The second kappa shape index (κ2) is 6.89. The molecule has 1 amide bonds. The molecule has 1 unspecified atom stereocenters. The van der Waals surface area contributed by atoms with Gasteiger partial charge in [-0.05, 0) is 18.4 Å². The highest BCUT2D eigenvalue weighted by Gasteiger charge is 2.27. The van der Waals surface area contributed by atoms with Crippen LogP contribution in [0.1, 0.15) is 12.0 Å². The van der Waals surface area contributed by atoms with Crippen LogP contribution in [0.5, 0.6) is 0 Å². The van der Waals surface area contributed by atoms with Gasteiger partial charge in [0, 0.05) is 7.11 Å². The lowest BCUT2D eigenvalue weighted by molar-refractivity contribution is -0.120. The Kier molecular flexibility index (Phi) is 4.92. The highest BCUT2D eigenvalue weighted by atomic mass is 16.5. The lowest BCUT2D eigenvalue weighted by Crippen LogP contribution is -2.30. The molecule has 0 radical (unpaired) electrons. The number of rotatable bonds is 6. The zero-order valence-corrected chi connectivity index (χ0v) is 11.1. The maximum absolute atomic E-state index is 11.8. The van der Waals surface area contributed by atoms with Crippen molar-refractivity contribution in [2.24, 2.45) is 4.99 Å². The fourth-order valence-electron chi connectivity index (χ4n) is 1.96. The summed E-state index contributed by atoms with van der Waals surface area (Å²) in [6.07, 6.45) is 1.64.